The van der Waals surface area contributed by atoms with Crippen molar-refractivity contribution in [1.29, 1.82) is 0 Å². The first-order chi connectivity index (χ1) is 11.7. The minimum absolute atomic E-state index is 0.000104. The van der Waals surface area contributed by atoms with Crippen molar-refractivity contribution in [2.24, 2.45) is 0 Å². The van der Waals surface area contributed by atoms with E-state index < -0.39 is 0 Å². The smallest absolute Gasteiger partial charge is 0.251 e. The lowest BCUT2D eigenvalue weighted by Gasteiger charge is -2.43. The van der Waals surface area contributed by atoms with Crippen LogP contribution in [-0.2, 0) is 4.74 Å². The zero-order chi connectivity index (χ0) is 16.8. The predicted octanol–water partition coefficient (Wildman–Crippen LogP) is 2.13. The summed E-state index contributed by atoms with van der Waals surface area (Å²) in [5, 5.41) is 4.08. The molecule has 3 heterocycles. The number of nitrogens with zero attached hydrogens (tertiary/aromatic N) is 2. The molecule has 0 saturated carbocycles. The van der Waals surface area contributed by atoms with Crippen LogP contribution in [-0.4, -0.2) is 71.4 Å². The maximum atomic E-state index is 12.6. The Balaban J connectivity index is 1.64. The molecule has 2 aliphatic heterocycles. The van der Waals surface area contributed by atoms with Crippen LogP contribution < -0.4 is 5.32 Å². The van der Waals surface area contributed by atoms with Gasteiger partial charge in [0.1, 0.15) is 0 Å². The fourth-order valence-electron chi connectivity index (χ4n) is 3.26. The molecule has 2 fully saturated rings. The average Bonchev–Trinajstić information content (AvgIpc) is 3.11. The topological polar surface area (TPSA) is 54.5 Å². The van der Waals surface area contributed by atoms with E-state index in [9.17, 15) is 4.79 Å². The normalized spacial score (nSPS) is 24.9. The fraction of sp³-hybridized carbons (Fsp3) is 0.647. The third-order valence-corrected chi connectivity index (χ3v) is 6.67. The molecule has 1 aromatic rings. The average molecular weight is 368 g/mol. The number of carbonyl (C=O) groups is 1. The number of morpholine rings is 1. The molecule has 132 valence electrons. The van der Waals surface area contributed by atoms with E-state index in [0.717, 1.165) is 49.3 Å². The number of hydrogen-bond acceptors (Lipinski definition) is 6. The quantitative estimate of drug-likeness (QED) is 0.778. The van der Waals surface area contributed by atoms with Crippen LogP contribution in [0.4, 0.5) is 0 Å². The Hall–Kier alpha value is -0.760. The van der Waals surface area contributed by atoms with Gasteiger partial charge in [0.25, 0.3) is 5.91 Å². The summed E-state index contributed by atoms with van der Waals surface area (Å²) in [6.07, 6.45) is 2.85. The van der Waals surface area contributed by atoms with Gasteiger partial charge in [-0.05, 0) is 30.1 Å². The van der Waals surface area contributed by atoms with E-state index in [4.69, 9.17) is 4.74 Å². The number of hydrogen-bond donors (Lipinski definition) is 1. The van der Waals surface area contributed by atoms with Gasteiger partial charge < -0.3 is 10.1 Å². The molecule has 2 aliphatic rings. The van der Waals surface area contributed by atoms with E-state index >= 15 is 0 Å². The Labute approximate surface area is 152 Å². The van der Waals surface area contributed by atoms with Crippen molar-refractivity contribution in [3.63, 3.8) is 0 Å². The molecule has 2 saturated heterocycles. The van der Waals surface area contributed by atoms with Gasteiger partial charge in [-0.3, -0.25) is 9.69 Å². The molecular formula is C17H25N3O2S2. The molecule has 0 aliphatic carbocycles. The van der Waals surface area contributed by atoms with Crippen molar-refractivity contribution in [3.05, 3.63) is 23.9 Å². The van der Waals surface area contributed by atoms with Gasteiger partial charge in [-0.15, -0.1) is 11.8 Å². The second kappa shape index (κ2) is 8.56. The van der Waals surface area contributed by atoms with E-state index in [1.165, 1.54) is 5.75 Å². The number of aromatic nitrogens is 1. The molecule has 1 amide bonds. The van der Waals surface area contributed by atoms with Gasteiger partial charge in [0.05, 0.1) is 18.2 Å². The fourth-order valence-corrected chi connectivity index (χ4v) is 5.38. The van der Waals surface area contributed by atoms with Crippen molar-refractivity contribution in [2.45, 2.75) is 23.9 Å². The van der Waals surface area contributed by atoms with Crippen molar-refractivity contribution in [3.8, 4) is 0 Å². The summed E-state index contributed by atoms with van der Waals surface area (Å²) in [5.41, 5.74) is 0.779. The Morgan fingerprint density at radius 2 is 2.33 bits per heavy atom. The first kappa shape index (κ1) is 18.0. The third-order valence-electron chi connectivity index (χ3n) is 4.63. The van der Waals surface area contributed by atoms with E-state index in [-0.39, 0.29) is 11.4 Å². The molecule has 3 rings (SSSR count). The molecule has 0 spiro atoms. The lowest BCUT2D eigenvalue weighted by molar-refractivity contribution is -0.0129. The van der Waals surface area contributed by atoms with Crippen LogP contribution in [0.1, 0.15) is 23.7 Å². The molecule has 1 N–H and O–H groups in total. The Kier molecular flexibility index (Phi) is 6.43. The summed E-state index contributed by atoms with van der Waals surface area (Å²) in [4.78, 5) is 19.4. The van der Waals surface area contributed by atoms with E-state index in [1.54, 1.807) is 24.0 Å². The zero-order valence-electron chi connectivity index (χ0n) is 14.1. The van der Waals surface area contributed by atoms with Gasteiger partial charge in [0, 0.05) is 42.7 Å². The maximum Gasteiger partial charge on any atom is 0.251 e. The van der Waals surface area contributed by atoms with Gasteiger partial charge in [-0.25, -0.2) is 4.98 Å². The van der Waals surface area contributed by atoms with Gasteiger partial charge in [0.15, 0.2) is 0 Å². The number of carbonyl (C=O) groups excluding carboxylic acids is 1. The number of nitrogens with one attached hydrogen (secondary N) is 1. The molecule has 0 bridgehead atoms. The number of thioether (sulfide) groups is 2. The molecule has 0 radical (unpaired) electrons. The highest BCUT2D eigenvalue weighted by atomic mass is 32.2. The van der Waals surface area contributed by atoms with E-state index in [2.05, 4.69) is 22.1 Å². The molecule has 1 aromatic heterocycles. The highest BCUT2D eigenvalue weighted by Crippen LogP contribution is 2.33. The Bertz CT molecular complexity index is 559. The molecule has 24 heavy (non-hydrogen) atoms. The number of ether oxygens (including phenoxy) is 1. The number of rotatable bonds is 6. The minimum atomic E-state index is -0.000104. The van der Waals surface area contributed by atoms with Crippen molar-refractivity contribution in [2.75, 3.05) is 50.1 Å². The minimum Gasteiger partial charge on any atom is -0.379 e. The molecule has 5 nitrogen and oxygen atoms in total. The predicted molar refractivity (Wildman–Crippen MR) is 100 cm³/mol. The molecule has 0 unspecified atom stereocenters. The van der Waals surface area contributed by atoms with E-state index in [0.29, 0.717) is 12.1 Å². The highest BCUT2D eigenvalue weighted by Gasteiger charge is 2.40. The number of amides is 1. The van der Waals surface area contributed by atoms with Crippen LogP contribution in [0, 0.1) is 0 Å². The van der Waals surface area contributed by atoms with Crippen LogP contribution in [0.5, 0.6) is 0 Å². The lowest BCUT2D eigenvalue weighted by atomic mass is 9.95. The molecule has 0 aromatic carbocycles. The monoisotopic (exact) mass is 367 g/mol. The molecular weight excluding hydrogens is 342 g/mol. The summed E-state index contributed by atoms with van der Waals surface area (Å²) in [6, 6.07) is 3.67. The summed E-state index contributed by atoms with van der Waals surface area (Å²) >= 11 is 3.64. The third kappa shape index (κ3) is 4.25. The first-order valence-corrected chi connectivity index (χ1v) is 10.7. The largest absolute Gasteiger partial charge is 0.379 e. The van der Waals surface area contributed by atoms with Crippen molar-refractivity contribution in [1.82, 2.24) is 15.2 Å². The second-order valence-electron chi connectivity index (χ2n) is 6.12. The van der Waals surface area contributed by atoms with Gasteiger partial charge >= 0.3 is 0 Å². The summed E-state index contributed by atoms with van der Waals surface area (Å²) in [5.74, 6) is 3.20. The summed E-state index contributed by atoms with van der Waals surface area (Å²) in [7, 11) is 0. The van der Waals surface area contributed by atoms with Crippen LogP contribution in [0.25, 0.3) is 0 Å². The highest BCUT2D eigenvalue weighted by molar-refractivity contribution is 7.99. The van der Waals surface area contributed by atoms with Crippen LogP contribution >= 0.6 is 23.5 Å². The first-order valence-electron chi connectivity index (χ1n) is 8.51. The van der Waals surface area contributed by atoms with Crippen molar-refractivity contribution >= 4 is 29.4 Å². The van der Waals surface area contributed by atoms with Crippen molar-refractivity contribution < 1.29 is 9.53 Å². The SMILES string of the molecule is CCSc1cc(C(=O)NC[C@@]2(N3CCOCC3)CCSC2)ccn1. The lowest BCUT2D eigenvalue weighted by Crippen LogP contribution is -2.59. The Morgan fingerprint density at radius 1 is 1.50 bits per heavy atom. The maximum absolute atomic E-state index is 12.6. The molecule has 1 atom stereocenters. The van der Waals surface area contributed by atoms with Gasteiger partial charge in [-0.2, -0.15) is 11.8 Å². The van der Waals surface area contributed by atoms with Crippen LogP contribution in [0.2, 0.25) is 0 Å². The zero-order valence-corrected chi connectivity index (χ0v) is 15.8. The molecule has 7 heteroatoms. The summed E-state index contributed by atoms with van der Waals surface area (Å²) in [6.45, 7) is 6.30. The Morgan fingerprint density at radius 3 is 3.04 bits per heavy atom. The second-order valence-corrected chi connectivity index (χ2v) is 8.51. The van der Waals surface area contributed by atoms with Gasteiger partial charge in [-0.1, -0.05) is 6.92 Å². The standard InChI is InChI=1S/C17H25N3O2S2/c1-2-24-15-11-14(3-5-18-15)16(21)19-12-17(4-10-23-13-17)20-6-8-22-9-7-20/h3,5,11H,2,4,6-10,12-13H2,1H3,(H,19,21)/t17-/m0/s1. The van der Waals surface area contributed by atoms with E-state index in [1.807, 2.05) is 17.8 Å². The van der Waals surface area contributed by atoms with Crippen LogP contribution in [0.3, 0.4) is 0 Å². The number of pyridine rings is 1. The van der Waals surface area contributed by atoms with Gasteiger partial charge in [0.2, 0.25) is 0 Å². The van der Waals surface area contributed by atoms with Crippen LogP contribution in [0.15, 0.2) is 23.4 Å². The summed E-state index contributed by atoms with van der Waals surface area (Å²) < 4.78 is 5.49.